The van der Waals surface area contributed by atoms with Gasteiger partial charge >= 0.3 is 6.09 Å². The van der Waals surface area contributed by atoms with Gasteiger partial charge in [-0.3, -0.25) is 4.90 Å². The van der Waals surface area contributed by atoms with Gasteiger partial charge in [-0.25, -0.2) is 4.79 Å². The molecular weight excluding hydrogens is 204 g/mol. The minimum atomic E-state index is -0.180. The first-order valence-corrected chi connectivity index (χ1v) is 5.56. The number of benzene rings is 1. The predicted octanol–water partition coefficient (Wildman–Crippen LogP) is 0.979. The summed E-state index contributed by atoms with van der Waals surface area (Å²) in [4.78, 5) is 13.5. The summed E-state index contributed by atoms with van der Waals surface area (Å²) < 4.78 is 5.29. The highest BCUT2D eigenvalue weighted by molar-refractivity contribution is 5.71. The zero-order chi connectivity index (χ0) is 11.0. The van der Waals surface area contributed by atoms with Crippen LogP contribution in [-0.4, -0.2) is 36.2 Å². The molecule has 84 valence electrons. The summed E-state index contributed by atoms with van der Waals surface area (Å²) in [5.41, 5.74) is 1.15. The van der Waals surface area contributed by atoms with Crippen molar-refractivity contribution in [2.45, 2.75) is 18.7 Å². The van der Waals surface area contributed by atoms with Gasteiger partial charge < -0.3 is 10.1 Å². The average molecular weight is 218 g/mol. The minimum absolute atomic E-state index is 0.0382. The second-order valence-corrected chi connectivity index (χ2v) is 4.26. The van der Waals surface area contributed by atoms with Gasteiger partial charge in [0.25, 0.3) is 0 Å². The highest BCUT2D eigenvalue weighted by atomic mass is 16.6. The number of hydrogen-bond donors (Lipinski definition) is 1. The molecule has 2 aliphatic heterocycles. The van der Waals surface area contributed by atoms with Crippen molar-refractivity contribution >= 4 is 6.09 Å². The zero-order valence-electron chi connectivity index (χ0n) is 8.93. The van der Waals surface area contributed by atoms with Crippen LogP contribution in [0.15, 0.2) is 30.3 Å². The number of rotatable bonds is 2. The Morgan fingerprint density at radius 1 is 1.31 bits per heavy atom. The molecule has 2 fully saturated rings. The van der Waals surface area contributed by atoms with Gasteiger partial charge in [-0.2, -0.15) is 0 Å². The van der Waals surface area contributed by atoms with E-state index in [0.717, 1.165) is 18.7 Å². The van der Waals surface area contributed by atoms with Gasteiger partial charge in [0, 0.05) is 19.6 Å². The van der Waals surface area contributed by atoms with E-state index in [4.69, 9.17) is 4.74 Å². The fraction of sp³-hybridized carbons (Fsp3) is 0.417. The Hall–Kier alpha value is -1.55. The molecule has 1 aromatic rings. The van der Waals surface area contributed by atoms with Crippen molar-refractivity contribution in [3.05, 3.63) is 35.9 Å². The van der Waals surface area contributed by atoms with Crippen LogP contribution in [0.2, 0.25) is 0 Å². The fourth-order valence-electron chi connectivity index (χ4n) is 2.37. The lowest BCUT2D eigenvalue weighted by atomic mass is 10.1. The van der Waals surface area contributed by atoms with Crippen molar-refractivity contribution in [1.82, 2.24) is 10.2 Å². The molecule has 0 radical (unpaired) electrons. The Morgan fingerprint density at radius 3 is 2.94 bits per heavy atom. The number of carbonyl (C=O) groups is 1. The van der Waals surface area contributed by atoms with Crippen LogP contribution < -0.4 is 5.32 Å². The van der Waals surface area contributed by atoms with Gasteiger partial charge in [0.15, 0.2) is 0 Å². The molecule has 16 heavy (non-hydrogen) atoms. The molecule has 0 saturated carbocycles. The van der Waals surface area contributed by atoms with Crippen molar-refractivity contribution in [3.8, 4) is 0 Å². The van der Waals surface area contributed by atoms with Crippen LogP contribution in [0, 0.1) is 0 Å². The average Bonchev–Trinajstić information content (AvgIpc) is 2.84. The van der Waals surface area contributed by atoms with E-state index in [2.05, 4.69) is 5.32 Å². The summed E-state index contributed by atoms with van der Waals surface area (Å²) in [6.45, 7) is 2.26. The van der Waals surface area contributed by atoms with Gasteiger partial charge in [-0.1, -0.05) is 30.3 Å². The molecule has 1 amide bonds. The Kier molecular flexibility index (Phi) is 2.29. The molecule has 0 bridgehead atoms. The maximum atomic E-state index is 11.7. The summed E-state index contributed by atoms with van der Waals surface area (Å²) in [7, 11) is 0. The molecule has 4 heteroatoms. The lowest BCUT2D eigenvalue weighted by Crippen LogP contribution is -2.36. The maximum absolute atomic E-state index is 11.7. The van der Waals surface area contributed by atoms with E-state index < -0.39 is 0 Å². The third-order valence-corrected chi connectivity index (χ3v) is 3.21. The van der Waals surface area contributed by atoms with Gasteiger partial charge in [0.05, 0.1) is 6.04 Å². The number of fused-ring (bicyclic) bond motifs is 1. The number of carbonyl (C=O) groups excluding carboxylic acids is 1. The summed E-state index contributed by atoms with van der Waals surface area (Å²) in [6.07, 6.45) is -0.142. The van der Waals surface area contributed by atoms with Crippen LogP contribution in [0.5, 0.6) is 0 Å². The largest absolute Gasteiger partial charge is 0.442 e. The zero-order valence-corrected chi connectivity index (χ0v) is 8.93. The van der Waals surface area contributed by atoms with Gasteiger partial charge in [0.2, 0.25) is 0 Å². The monoisotopic (exact) mass is 218 g/mol. The Morgan fingerprint density at radius 2 is 2.12 bits per heavy atom. The molecule has 2 aliphatic rings. The summed E-state index contributed by atoms with van der Waals surface area (Å²) in [5, 5.41) is 3.24. The Balaban J connectivity index is 1.77. The molecule has 2 heterocycles. The molecule has 2 unspecified atom stereocenters. The number of nitrogens with one attached hydrogen (secondary N) is 1. The number of amides is 1. The first-order chi connectivity index (χ1) is 7.84. The highest BCUT2D eigenvalue weighted by Gasteiger charge is 2.44. The molecule has 2 atom stereocenters. The molecule has 0 aliphatic carbocycles. The Labute approximate surface area is 94.2 Å². The standard InChI is InChI=1S/C12H14N2O2/c15-12-14(8-9-4-2-1-3-5-9)10-6-13-7-11(10)16-12/h1-5,10-11,13H,6-8H2. The number of ether oxygens (including phenoxy) is 1. The minimum Gasteiger partial charge on any atom is -0.442 e. The van der Waals surface area contributed by atoms with E-state index in [1.165, 1.54) is 0 Å². The fourth-order valence-corrected chi connectivity index (χ4v) is 2.37. The van der Waals surface area contributed by atoms with Gasteiger partial charge in [-0.05, 0) is 5.56 Å². The lowest BCUT2D eigenvalue weighted by molar-refractivity contribution is 0.133. The Bertz CT molecular complexity index is 393. The van der Waals surface area contributed by atoms with E-state index >= 15 is 0 Å². The van der Waals surface area contributed by atoms with Crippen LogP contribution in [0.4, 0.5) is 4.79 Å². The van der Waals surface area contributed by atoms with E-state index in [-0.39, 0.29) is 18.2 Å². The van der Waals surface area contributed by atoms with Crippen molar-refractivity contribution in [2.75, 3.05) is 13.1 Å². The maximum Gasteiger partial charge on any atom is 0.410 e. The third-order valence-electron chi connectivity index (χ3n) is 3.21. The van der Waals surface area contributed by atoms with Crippen molar-refractivity contribution in [1.29, 1.82) is 0 Å². The van der Waals surface area contributed by atoms with E-state index in [1.807, 2.05) is 35.2 Å². The van der Waals surface area contributed by atoms with Crippen molar-refractivity contribution in [3.63, 3.8) is 0 Å². The second-order valence-electron chi connectivity index (χ2n) is 4.26. The van der Waals surface area contributed by atoms with Crippen LogP contribution in [0.25, 0.3) is 0 Å². The number of hydrogen-bond acceptors (Lipinski definition) is 3. The van der Waals surface area contributed by atoms with Crippen LogP contribution in [0.3, 0.4) is 0 Å². The van der Waals surface area contributed by atoms with Crippen molar-refractivity contribution in [2.24, 2.45) is 0 Å². The second kappa shape index (κ2) is 3.79. The molecule has 3 rings (SSSR count). The molecule has 4 nitrogen and oxygen atoms in total. The number of nitrogens with zero attached hydrogens (tertiary/aromatic N) is 1. The quantitative estimate of drug-likeness (QED) is 0.804. The molecule has 0 spiro atoms. The highest BCUT2D eigenvalue weighted by Crippen LogP contribution is 2.24. The summed E-state index contributed by atoms with van der Waals surface area (Å²) in [6, 6.07) is 10.2. The predicted molar refractivity (Wildman–Crippen MR) is 58.9 cm³/mol. The molecular formula is C12H14N2O2. The molecule has 0 aromatic heterocycles. The first kappa shape index (κ1) is 9.66. The smallest absolute Gasteiger partial charge is 0.410 e. The van der Waals surface area contributed by atoms with Crippen molar-refractivity contribution < 1.29 is 9.53 Å². The van der Waals surface area contributed by atoms with Crippen LogP contribution in [0.1, 0.15) is 5.56 Å². The van der Waals surface area contributed by atoms with E-state index in [9.17, 15) is 4.79 Å². The molecule has 1 aromatic carbocycles. The topological polar surface area (TPSA) is 41.6 Å². The molecule has 2 saturated heterocycles. The lowest BCUT2D eigenvalue weighted by Gasteiger charge is -2.19. The normalized spacial score (nSPS) is 28.0. The van der Waals surface area contributed by atoms with Crippen LogP contribution >= 0.6 is 0 Å². The third kappa shape index (κ3) is 1.55. The molecule has 1 N–H and O–H groups in total. The van der Waals surface area contributed by atoms with E-state index in [1.54, 1.807) is 0 Å². The van der Waals surface area contributed by atoms with Gasteiger partial charge in [0.1, 0.15) is 6.10 Å². The first-order valence-electron chi connectivity index (χ1n) is 5.56. The summed E-state index contributed by atoms with van der Waals surface area (Å²) >= 11 is 0. The SMILES string of the molecule is O=C1OC2CNCC2N1Cc1ccccc1. The van der Waals surface area contributed by atoms with Crippen LogP contribution in [-0.2, 0) is 11.3 Å². The van der Waals surface area contributed by atoms with E-state index in [0.29, 0.717) is 6.54 Å². The van der Waals surface area contributed by atoms with Gasteiger partial charge in [-0.15, -0.1) is 0 Å². The summed E-state index contributed by atoms with van der Waals surface area (Å²) in [5.74, 6) is 0.